The Morgan fingerprint density at radius 1 is 1.21 bits per heavy atom. The van der Waals surface area contributed by atoms with Crippen LogP contribution in [0.5, 0.6) is 0 Å². The number of nitrogen functional groups attached to an aromatic ring is 1. The summed E-state index contributed by atoms with van der Waals surface area (Å²) in [5, 5.41) is 19.9. The van der Waals surface area contributed by atoms with E-state index in [0.717, 1.165) is 5.69 Å². The lowest BCUT2D eigenvalue weighted by atomic mass is 10.1. The number of aryl methyl sites for hydroxylation is 2. The van der Waals surface area contributed by atoms with E-state index < -0.39 is 6.04 Å². The van der Waals surface area contributed by atoms with Gasteiger partial charge in [-0.15, -0.1) is 10.2 Å². The zero-order chi connectivity index (χ0) is 24.0. The molecule has 172 valence electrons. The predicted molar refractivity (Wildman–Crippen MR) is 128 cm³/mol. The van der Waals surface area contributed by atoms with Crippen LogP contribution in [-0.2, 0) is 0 Å². The number of H-pyrrole nitrogens is 1. The van der Waals surface area contributed by atoms with Gasteiger partial charge in [0.15, 0.2) is 5.82 Å². The normalized spacial score (nSPS) is 12.2. The third-order valence-corrected chi connectivity index (χ3v) is 5.67. The molecule has 0 aliphatic heterocycles. The highest BCUT2D eigenvalue weighted by Gasteiger charge is 2.23. The van der Waals surface area contributed by atoms with Crippen molar-refractivity contribution in [3.05, 3.63) is 69.3 Å². The third kappa shape index (κ3) is 3.65. The molecule has 0 spiro atoms. The first-order valence-electron chi connectivity index (χ1n) is 10.4. The van der Waals surface area contributed by atoms with E-state index in [4.69, 9.17) is 21.8 Å². The Hall–Kier alpha value is -4.25. The number of nitrogens with zero attached hydrogens (tertiary/aromatic N) is 6. The van der Waals surface area contributed by atoms with Gasteiger partial charge in [0.25, 0.3) is 11.4 Å². The van der Waals surface area contributed by atoms with Crippen LogP contribution in [0.15, 0.2) is 45.9 Å². The molecule has 11 nitrogen and oxygen atoms in total. The van der Waals surface area contributed by atoms with E-state index in [9.17, 15) is 4.79 Å². The second-order valence-corrected chi connectivity index (χ2v) is 8.20. The van der Waals surface area contributed by atoms with Gasteiger partial charge in [-0.2, -0.15) is 5.10 Å². The molecule has 34 heavy (non-hydrogen) atoms. The van der Waals surface area contributed by atoms with E-state index in [1.165, 1.54) is 10.9 Å². The zero-order valence-electron chi connectivity index (χ0n) is 18.5. The summed E-state index contributed by atoms with van der Waals surface area (Å²) >= 11 is 6.39. The molecule has 0 amide bonds. The molecule has 1 atom stereocenters. The highest BCUT2D eigenvalue weighted by atomic mass is 35.5. The maximum absolute atomic E-state index is 13.6. The summed E-state index contributed by atoms with van der Waals surface area (Å²) in [6.07, 6.45) is 1.33. The van der Waals surface area contributed by atoms with Crippen molar-refractivity contribution < 1.29 is 4.42 Å². The molecule has 4 aromatic heterocycles. The number of rotatable bonds is 5. The van der Waals surface area contributed by atoms with Crippen molar-refractivity contribution in [1.82, 2.24) is 34.9 Å². The summed E-state index contributed by atoms with van der Waals surface area (Å²) in [5.41, 5.74) is 7.65. The summed E-state index contributed by atoms with van der Waals surface area (Å²) in [6, 6.07) is 8.59. The second kappa shape index (κ2) is 8.27. The number of nitrogens with one attached hydrogen (secondary N) is 2. The lowest BCUT2D eigenvalue weighted by Gasteiger charge is -2.21. The van der Waals surface area contributed by atoms with Gasteiger partial charge in [0.05, 0.1) is 22.1 Å². The molecule has 12 heteroatoms. The maximum Gasteiger partial charge on any atom is 0.266 e. The van der Waals surface area contributed by atoms with Crippen LogP contribution in [0.2, 0.25) is 5.02 Å². The fourth-order valence-electron chi connectivity index (χ4n) is 3.81. The van der Waals surface area contributed by atoms with Gasteiger partial charge < -0.3 is 15.5 Å². The number of halogens is 1. The van der Waals surface area contributed by atoms with Crippen LogP contribution in [0.4, 0.5) is 11.6 Å². The van der Waals surface area contributed by atoms with E-state index in [1.54, 1.807) is 25.1 Å². The average Bonchev–Trinajstić information content (AvgIpc) is 3.41. The van der Waals surface area contributed by atoms with Crippen LogP contribution < -0.4 is 16.6 Å². The Labute approximate surface area is 198 Å². The zero-order valence-corrected chi connectivity index (χ0v) is 19.3. The van der Waals surface area contributed by atoms with E-state index in [0.29, 0.717) is 44.6 Å². The Morgan fingerprint density at radius 3 is 2.74 bits per heavy atom. The smallest absolute Gasteiger partial charge is 0.266 e. The second-order valence-electron chi connectivity index (χ2n) is 7.80. The van der Waals surface area contributed by atoms with E-state index in [-0.39, 0.29) is 17.3 Å². The topological polar surface area (TPSA) is 153 Å². The SMILES string of the molecule is Cc1cc(-n2c([C@H](C)Nc3ncnc(N)c3-c3nnc(C)o3)cc3cccc(Cl)c3c2=O)n[nH]1. The van der Waals surface area contributed by atoms with Crippen LogP contribution in [0, 0.1) is 13.8 Å². The standard InChI is InChI=1S/C22H20ClN9O2/c1-10-7-16(30-28-10)32-15(8-13-5-4-6-14(23)17(13)22(32)33)11(2)27-20-18(19(24)25-9-26-20)21-31-29-12(3)34-21/h4-9,11H,1-3H3,(H,28,30)(H3,24,25,26,27)/t11-/m0/s1. The lowest BCUT2D eigenvalue weighted by Crippen LogP contribution is -2.26. The number of hydrogen-bond donors (Lipinski definition) is 3. The monoisotopic (exact) mass is 477 g/mol. The van der Waals surface area contributed by atoms with Crippen LogP contribution >= 0.6 is 11.6 Å². The largest absolute Gasteiger partial charge is 0.421 e. The number of benzene rings is 1. The lowest BCUT2D eigenvalue weighted by molar-refractivity contribution is 0.532. The third-order valence-electron chi connectivity index (χ3n) is 5.36. The summed E-state index contributed by atoms with van der Waals surface area (Å²) in [6.45, 7) is 5.43. The van der Waals surface area contributed by atoms with Crippen molar-refractivity contribution in [1.29, 1.82) is 0 Å². The van der Waals surface area contributed by atoms with Crippen molar-refractivity contribution in [2.75, 3.05) is 11.1 Å². The van der Waals surface area contributed by atoms with Gasteiger partial charge in [0.2, 0.25) is 5.89 Å². The number of fused-ring (bicyclic) bond motifs is 1. The van der Waals surface area contributed by atoms with Crippen LogP contribution in [0.3, 0.4) is 0 Å². The number of pyridine rings is 1. The van der Waals surface area contributed by atoms with Gasteiger partial charge in [-0.25, -0.2) is 9.97 Å². The molecule has 0 aliphatic rings. The molecule has 4 heterocycles. The molecular weight excluding hydrogens is 458 g/mol. The molecule has 0 saturated heterocycles. The van der Waals surface area contributed by atoms with Crippen LogP contribution in [-0.4, -0.2) is 34.9 Å². The molecule has 5 aromatic rings. The van der Waals surface area contributed by atoms with Crippen molar-refractivity contribution in [3.8, 4) is 17.3 Å². The Kier molecular flexibility index (Phi) is 5.25. The van der Waals surface area contributed by atoms with Gasteiger partial charge in [-0.1, -0.05) is 23.7 Å². The van der Waals surface area contributed by atoms with Crippen LogP contribution in [0.25, 0.3) is 28.0 Å². The summed E-state index contributed by atoms with van der Waals surface area (Å²) in [4.78, 5) is 22.0. The van der Waals surface area contributed by atoms with Crippen molar-refractivity contribution >= 4 is 34.0 Å². The number of aromatic amines is 1. The molecule has 4 N–H and O–H groups in total. The highest BCUT2D eigenvalue weighted by Crippen LogP contribution is 2.32. The minimum atomic E-state index is -0.426. The fraction of sp³-hybridized carbons (Fsp3) is 0.182. The first kappa shape index (κ1) is 21.6. The van der Waals surface area contributed by atoms with Gasteiger partial charge in [-0.05, 0) is 31.4 Å². The Balaban J connectivity index is 1.67. The molecule has 1 aromatic carbocycles. The molecule has 0 aliphatic carbocycles. The molecule has 0 bridgehead atoms. The van der Waals surface area contributed by atoms with Gasteiger partial charge in [-0.3, -0.25) is 14.5 Å². The minimum Gasteiger partial charge on any atom is -0.421 e. The summed E-state index contributed by atoms with van der Waals surface area (Å²) in [7, 11) is 0. The van der Waals surface area contributed by atoms with Crippen molar-refractivity contribution in [3.63, 3.8) is 0 Å². The number of anilines is 2. The summed E-state index contributed by atoms with van der Waals surface area (Å²) < 4.78 is 7.08. The number of hydrogen-bond acceptors (Lipinski definition) is 9. The fourth-order valence-corrected chi connectivity index (χ4v) is 4.07. The maximum atomic E-state index is 13.6. The first-order valence-corrected chi connectivity index (χ1v) is 10.8. The predicted octanol–water partition coefficient (Wildman–Crippen LogP) is 3.58. The van der Waals surface area contributed by atoms with Crippen LogP contribution in [0.1, 0.15) is 30.2 Å². The van der Waals surface area contributed by atoms with Crippen molar-refractivity contribution in [2.45, 2.75) is 26.8 Å². The van der Waals surface area contributed by atoms with Gasteiger partial charge in [0.1, 0.15) is 23.5 Å². The summed E-state index contributed by atoms with van der Waals surface area (Å²) in [5.74, 6) is 1.58. The molecule has 5 rings (SSSR count). The van der Waals surface area contributed by atoms with Gasteiger partial charge >= 0.3 is 0 Å². The minimum absolute atomic E-state index is 0.180. The first-order chi connectivity index (χ1) is 16.3. The molecule has 0 unspecified atom stereocenters. The Morgan fingerprint density at radius 2 is 2.03 bits per heavy atom. The molecule has 0 saturated carbocycles. The number of aromatic nitrogens is 7. The molecule has 0 radical (unpaired) electrons. The quantitative estimate of drug-likeness (QED) is 0.344. The van der Waals surface area contributed by atoms with E-state index in [2.05, 4.69) is 35.7 Å². The Bertz CT molecular complexity index is 1590. The van der Waals surface area contributed by atoms with E-state index in [1.807, 2.05) is 26.0 Å². The molecular formula is C22H20ClN9O2. The van der Waals surface area contributed by atoms with E-state index >= 15 is 0 Å². The number of nitrogens with two attached hydrogens (primary N) is 1. The van der Waals surface area contributed by atoms with Crippen molar-refractivity contribution in [2.24, 2.45) is 0 Å². The average molecular weight is 478 g/mol. The van der Waals surface area contributed by atoms with Gasteiger partial charge in [0, 0.05) is 18.7 Å². The molecule has 0 fully saturated rings. The highest BCUT2D eigenvalue weighted by molar-refractivity contribution is 6.35.